The lowest BCUT2D eigenvalue weighted by Crippen LogP contribution is -2.36. The van der Waals surface area contributed by atoms with Crippen molar-refractivity contribution < 1.29 is 4.74 Å². The third-order valence-electron chi connectivity index (χ3n) is 4.76. The third kappa shape index (κ3) is 4.41. The zero-order chi connectivity index (χ0) is 18.5. The molecule has 0 bridgehead atoms. The van der Waals surface area contributed by atoms with E-state index in [1.807, 2.05) is 36.4 Å². The second-order valence-electron chi connectivity index (χ2n) is 6.73. The van der Waals surface area contributed by atoms with E-state index in [-0.39, 0.29) is 0 Å². The molecule has 3 aromatic carbocycles. The van der Waals surface area contributed by atoms with Crippen LogP contribution in [0.25, 0.3) is 11.1 Å². The number of benzene rings is 3. The molecule has 0 atom stereocenters. The van der Waals surface area contributed by atoms with E-state index in [9.17, 15) is 0 Å². The summed E-state index contributed by atoms with van der Waals surface area (Å²) in [4.78, 5) is 2.36. The molecular weight excluding hydrogens is 334 g/mol. The van der Waals surface area contributed by atoms with E-state index in [2.05, 4.69) is 58.5 Å². The Balaban J connectivity index is 1.44. The first-order valence-corrected chi connectivity index (χ1v) is 9.29. The summed E-state index contributed by atoms with van der Waals surface area (Å²) < 4.78 is 5.42. The Kier molecular flexibility index (Phi) is 5.26. The topological polar surface area (TPSA) is 37.2 Å². The van der Waals surface area contributed by atoms with Crippen molar-refractivity contribution in [2.24, 2.45) is 10.2 Å². The molecule has 1 aliphatic heterocycles. The third-order valence-corrected chi connectivity index (χ3v) is 4.76. The highest BCUT2D eigenvalue weighted by atomic mass is 16.5. The molecule has 1 saturated heterocycles. The SMILES string of the molecule is Cc1ccc(N=Nc2ccc(-c3ccc(N4CCOCC4)cc3)cc2)cc1. The Labute approximate surface area is 160 Å². The van der Waals surface area contributed by atoms with Gasteiger partial charge in [0.2, 0.25) is 0 Å². The van der Waals surface area contributed by atoms with Crippen molar-refractivity contribution in [3.05, 3.63) is 78.4 Å². The lowest BCUT2D eigenvalue weighted by Gasteiger charge is -2.28. The predicted octanol–water partition coefficient (Wildman–Crippen LogP) is 5.91. The highest BCUT2D eigenvalue weighted by Gasteiger charge is 2.10. The summed E-state index contributed by atoms with van der Waals surface area (Å²) in [6.07, 6.45) is 0. The molecule has 4 heteroatoms. The van der Waals surface area contributed by atoms with Crippen LogP contribution in [0.4, 0.5) is 17.1 Å². The number of hydrogen-bond donors (Lipinski definition) is 0. The number of anilines is 1. The van der Waals surface area contributed by atoms with E-state index in [1.165, 1.54) is 22.4 Å². The van der Waals surface area contributed by atoms with Crippen LogP contribution in [0.1, 0.15) is 5.56 Å². The standard InChI is InChI=1S/C23H23N3O/c1-18-2-8-21(9-3-18)24-25-22-10-4-19(5-11-22)20-6-12-23(13-7-20)26-14-16-27-17-15-26/h2-13H,14-17H2,1H3. The van der Waals surface area contributed by atoms with Gasteiger partial charge in [0, 0.05) is 18.8 Å². The van der Waals surface area contributed by atoms with Gasteiger partial charge in [-0.3, -0.25) is 0 Å². The zero-order valence-electron chi connectivity index (χ0n) is 15.5. The summed E-state index contributed by atoms with van der Waals surface area (Å²) in [5, 5.41) is 8.62. The number of aryl methyl sites for hydroxylation is 1. The minimum atomic E-state index is 0.806. The first kappa shape index (κ1) is 17.4. The first-order valence-electron chi connectivity index (χ1n) is 9.29. The van der Waals surface area contributed by atoms with Gasteiger partial charge in [-0.2, -0.15) is 10.2 Å². The Bertz CT molecular complexity index is 894. The van der Waals surface area contributed by atoms with Crippen LogP contribution in [0, 0.1) is 6.92 Å². The van der Waals surface area contributed by atoms with Gasteiger partial charge < -0.3 is 9.64 Å². The summed E-state index contributed by atoms with van der Waals surface area (Å²) in [7, 11) is 0. The van der Waals surface area contributed by atoms with Crippen LogP contribution in [0.2, 0.25) is 0 Å². The van der Waals surface area contributed by atoms with Crippen LogP contribution in [0.5, 0.6) is 0 Å². The molecule has 0 amide bonds. The Morgan fingerprint density at radius 2 is 1.15 bits per heavy atom. The molecule has 1 fully saturated rings. The fourth-order valence-electron chi connectivity index (χ4n) is 3.13. The summed E-state index contributed by atoms with van der Waals surface area (Å²) >= 11 is 0. The first-order chi connectivity index (χ1) is 13.3. The Morgan fingerprint density at radius 3 is 1.70 bits per heavy atom. The molecule has 1 aliphatic rings. The number of morpholine rings is 1. The van der Waals surface area contributed by atoms with Gasteiger partial charge in [0.05, 0.1) is 24.6 Å². The lowest BCUT2D eigenvalue weighted by atomic mass is 10.0. The van der Waals surface area contributed by atoms with Crippen LogP contribution in [-0.4, -0.2) is 26.3 Å². The van der Waals surface area contributed by atoms with E-state index in [0.29, 0.717) is 0 Å². The van der Waals surface area contributed by atoms with Gasteiger partial charge in [0.15, 0.2) is 0 Å². The molecule has 4 nitrogen and oxygen atoms in total. The normalized spacial score (nSPS) is 14.6. The van der Waals surface area contributed by atoms with Crippen LogP contribution in [0.15, 0.2) is 83.0 Å². The van der Waals surface area contributed by atoms with Crippen molar-refractivity contribution in [1.82, 2.24) is 0 Å². The summed E-state index contributed by atoms with van der Waals surface area (Å²) in [5.41, 5.74) is 6.57. The second kappa shape index (κ2) is 8.14. The predicted molar refractivity (Wildman–Crippen MR) is 110 cm³/mol. The number of ether oxygens (including phenoxy) is 1. The smallest absolute Gasteiger partial charge is 0.0857 e. The number of rotatable bonds is 4. The average Bonchev–Trinajstić information content (AvgIpc) is 2.75. The Hall–Kier alpha value is -2.98. The van der Waals surface area contributed by atoms with Gasteiger partial charge in [-0.25, -0.2) is 0 Å². The van der Waals surface area contributed by atoms with Crippen LogP contribution in [0.3, 0.4) is 0 Å². The average molecular weight is 357 g/mol. The van der Waals surface area contributed by atoms with E-state index in [0.717, 1.165) is 37.7 Å². The fourth-order valence-corrected chi connectivity index (χ4v) is 3.13. The molecule has 0 unspecified atom stereocenters. The molecule has 0 aromatic heterocycles. The summed E-state index contributed by atoms with van der Waals surface area (Å²) in [5.74, 6) is 0. The van der Waals surface area contributed by atoms with Crippen molar-refractivity contribution in [1.29, 1.82) is 0 Å². The lowest BCUT2D eigenvalue weighted by molar-refractivity contribution is 0.122. The van der Waals surface area contributed by atoms with E-state index < -0.39 is 0 Å². The van der Waals surface area contributed by atoms with Gasteiger partial charge >= 0.3 is 0 Å². The van der Waals surface area contributed by atoms with E-state index in [4.69, 9.17) is 4.74 Å². The van der Waals surface area contributed by atoms with Gasteiger partial charge in [-0.1, -0.05) is 42.0 Å². The van der Waals surface area contributed by atoms with Crippen LogP contribution in [-0.2, 0) is 4.74 Å². The largest absolute Gasteiger partial charge is 0.378 e. The number of azo groups is 1. The molecule has 0 saturated carbocycles. The van der Waals surface area contributed by atoms with Crippen molar-refractivity contribution in [2.45, 2.75) is 6.92 Å². The molecular formula is C23H23N3O. The molecule has 0 N–H and O–H groups in total. The molecule has 3 aromatic rings. The fraction of sp³-hybridized carbons (Fsp3) is 0.217. The van der Waals surface area contributed by atoms with Crippen molar-refractivity contribution in [2.75, 3.05) is 31.2 Å². The maximum absolute atomic E-state index is 5.42. The quantitative estimate of drug-likeness (QED) is 0.544. The number of hydrogen-bond acceptors (Lipinski definition) is 4. The highest BCUT2D eigenvalue weighted by molar-refractivity contribution is 5.67. The zero-order valence-corrected chi connectivity index (χ0v) is 15.5. The number of nitrogens with zero attached hydrogens (tertiary/aromatic N) is 3. The van der Waals surface area contributed by atoms with Gasteiger partial charge in [0.1, 0.15) is 0 Å². The summed E-state index contributed by atoms with van der Waals surface area (Å²) in [6.45, 7) is 5.59. The molecule has 0 spiro atoms. The van der Waals surface area contributed by atoms with E-state index in [1.54, 1.807) is 0 Å². The maximum Gasteiger partial charge on any atom is 0.0857 e. The van der Waals surface area contributed by atoms with Crippen LogP contribution < -0.4 is 4.90 Å². The molecule has 0 radical (unpaired) electrons. The molecule has 136 valence electrons. The minimum absolute atomic E-state index is 0.806. The van der Waals surface area contributed by atoms with Gasteiger partial charge in [-0.15, -0.1) is 0 Å². The van der Waals surface area contributed by atoms with Gasteiger partial charge in [0.25, 0.3) is 0 Å². The van der Waals surface area contributed by atoms with Gasteiger partial charge in [-0.05, 0) is 54.4 Å². The molecule has 1 heterocycles. The second-order valence-corrected chi connectivity index (χ2v) is 6.73. The van der Waals surface area contributed by atoms with Crippen molar-refractivity contribution in [3.63, 3.8) is 0 Å². The summed E-state index contributed by atoms with van der Waals surface area (Å²) in [6, 6.07) is 24.9. The van der Waals surface area contributed by atoms with E-state index >= 15 is 0 Å². The maximum atomic E-state index is 5.42. The van der Waals surface area contributed by atoms with Crippen molar-refractivity contribution in [3.8, 4) is 11.1 Å². The Morgan fingerprint density at radius 1 is 0.667 bits per heavy atom. The van der Waals surface area contributed by atoms with Crippen molar-refractivity contribution >= 4 is 17.1 Å². The molecule has 0 aliphatic carbocycles. The minimum Gasteiger partial charge on any atom is -0.378 e. The monoisotopic (exact) mass is 357 g/mol. The molecule has 27 heavy (non-hydrogen) atoms. The molecule has 4 rings (SSSR count). The van der Waals surface area contributed by atoms with Crippen LogP contribution >= 0.6 is 0 Å². The highest BCUT2D eigenvalue weighted by Crippen LogP contribution is 2.26.